The van der Waals surface area contributed by atoms with Crippen LogP contribution in [0.4, 0.5) is 5.69 Å². The summed E-state index contributed by atoms with van der Waals surface area (Å²) in [5, 5.41) is 0.566. The molecule has 3 nitrogen and oxygen atoms in total. The standard InChI is InChI=1S/C11H6Br2ClNO2/c1-5-4-6(14)2-3-7(5)15-10(16)8(12)9(13)11(15)17/h2-4H,1H3. The number of hydrogen-bond acceptors (Lipinski definition) is 2. The number of rotatable bonds is 1. The SMILES string of the molecule is Cc1cc(Cl)ccc1N1C(=O)C(Br)=C(Br)C1=O. The summed E-state index contributed by atoms with van der Waals surface area (Å²) in [4.78, 5) is 24.9. The normalized spacial score (nSPS) is 16.1. The highest BCUT2D eigenvalue weighted by Crippen LogP contribution is 2.35. The van der Waals surface area contributed by atoms with Crippen molar-refractivity contribution in [2.45, 2.75) is 6.92 Å². The first-order valence-electron chi connectivity index (χ1n) is 4.63. The lowest BCUT2D eigenvalue weighted by Gasteiger charge is -2.16. The Kier molecular flexibility index (Phi) is 3.43. The highest BCUT2D eigenvalue weighted by Gasteiger charge is 2.37. The number of imide groups is 1. The van der Waals surface area contributed by atoms with Crippen LogP contribution < -0.4 is 4.90 Å². The quantitative estimate of drug-likeness (QED) is 0.700. The summed E-state index contributed by atoms with van der Waals surface area (Å²) in [5.74, 6) is -0.764. The molecule has 1 aliphatic heterocycles. The van der Waals surface area contributed by atoms with E-state index in [-0.39, 0.29) is 20.8 Å². The second kappa shape index (κ2) is 4.55. The van der Waals surface area contributed by atoms with Crippen molar-refractivity contribution in [2.75, 3.05) is 4.90 Å². The van der Waals surface area contributed by atoms with Crippen LogP contribution in [0.25, 0.3) is 0 Å². The number of benzene rings is 1. The van der Waals surface area contributed by atoms with Crippen LogP contribution >= 0.6 is 43.5 Å². The van der Waals surface area contributed by atoms with Crippen LogP contribution in [-0.2, 0) is 9.59 Å². The molecule has 88 valence electrons. The third-order valence-corrected chi connectivity index (χ3v) is 4.61. The van der Waals surface area contributed by atoms with Gasteiger partial charge in [0.15, 0.2) is 0 Å². The molecule has 1 heterocycles. The Bertz CT molecular complexity index is 545. The zero-order chi connectivity index (χ0) is 12.7. The third-order valence-electron chi connectivity index (χ3n) is 2.37. The Morgan fingerprint density at radius 3 is 2.12 bits per heavy atom. The summed E-state index contributed by atoms with van der Waals surface area (Å²) < 4.78 is 0.466. The van der Waals surface area contributed by atoms with E-state index in [4.69, 9.17) is 11.6 Å². The first-order chi connectivity index (χ1) is 7.93. The molecule has 2 amide bonds. The maximum Gasteiger partial charge on any atom is 0.273 e. The summed E-state index contributed by atoms with van der Waals surface area (Å²) in [6.07, 6.45) is 0. The van der Waals surface area contributed by atoms with Crippen LogP contribution in [-0.4, -0.2) is 11.8 Å². The van der Waals surface area contributed by atoms with Crippen molar-refractivity contribution in [1.82, 2.24) is 0 Å². The van der Waals surface area contributed by atoms with Gasteiger partial charge in [-0.1, -0.05) is 11.6 Å². The van der Waals surface area contributed by atoms with Crippen molar-refractivity contribution in [3.05, 3.63) is 37.7 Å². The number of hydrogen-bond donors (Lipinski definition) is 0. The van der Waals surface area contributed by atoms with Crippen LogP contribution in [0, 0.1) is 6.92 Å². The number of carbonyl (C=O) groups is 2. The molecule has 0 N–H and O–H groups in total. The Balaban J connectivity index is 2.50. The maximum absolute atomic E-state index is 11.9. The van der Waals surface area contributed by atoms with E-state index < -0.39 is 0 Å². The van der Waals surface area contributed by atoms with Crippen molar-refractivity contribution >= 4 is 61.0 Å². The molecule has 1 aromatic carbocycles. The van der Waals surface area contributed by atoms with Gasteiger partial charge in [-0.15, -0.1) is 0 Å². The summed E-state index contributed by atoms with van der Waals surface area (Å²) in [6, 6.07) is 5.00. The molecule has 0 spiro atoms. The van der Waals surface area contributed by atoms with Crippen molar-refractivity contribution in [3.63, 3.8) is 0 Å². The Morgan fingerprint density at radius 2 is 1.65 bits per heavy atom. The molecule has 0 saturated carbocycles. The van der Waals surface area contributed by atoms with Crippen molar-refractivity contribution in [2.24, 2.45) is 0 Å². The zero-order valence-corrected chi connectivity index (χ0v) is 12.6. The van der Waals surface area contributed by atoms with E-state index >= 15 is 0 Å². The highest BCUT2D eigenvalue weighted by atomic mass is 79.9. The maximum atomic E-state index is 11.9. The van der Waals surface area contributed by atoms with Crippen LogP contribution in [0.15, 0.2) is 27.2 Å². The van der Waals surface area contributed by atoms with Crippen LogP contribution in [0.5, 0.6) is 0 Å². The van der Waals surface area contributed by atoms with Gasteiger partial charge in [-0.3, -0.25) is 9.59 Å². The molecule has 0 unspecified atom stereocenters. The summed E-state index contributed by atoms with van der Waals surface area (Å²) in [7, 11) is 0. The van der Waals surface area contributed by atoms with E-state index in [1.165, 1.54) is 0 Å². The molecule has 0 bridgehead atoms. The molecule has 0 aromatic heterocycles. The fraction of sp³-hybridized carbons (Fsp3) is 0.0909. The predicted octanol–water partition coefficient (Wildman–Crippen LogP) is 3.52. The second-order valence-electron chi connectivity index (χ2n) is 3.50. The first-order valence-corrected chi connectivity index (χ1v) is 6.60. The molecular weight excluding hydrogens is 373 g/mol. The monoisotopic (exact) mass is 377 g/mol. The predicted molar refractivity (Wildman–Crippen MR) is 73.6 cm³/mol. The van der Waals surface area contributed by atoms with E-state index in [2.05, 4.69) is 31.9 Å². The summed E-state index contributed by atoms with van der Waals surface area (Å²) in [5.41, 5.74) is 1.30. The molecule has 0 radical (unpaired) electrons. The number of halogens is 3. The van der Waals surface area contributed by atoms with Gasteiger partial charge in [0, 0.05) is 5.02 Å². The fourth-order valence-corrected chi connectivity index (χ4v) is 2.49. The summed E-state index contributed by atoms with van der Waals surface area (Å²) in [6.45, 7) is 1.79. The number of aryl methyl sites for hydroxylation is 1. The molecule has 0 atom stereocenters. The molecule has 0 saturated heterocycles. The van der Waals surface area contributed by atoms with Gasteiger partial charge in [0.2, 0.25) is 0 Å². The first kappa shape index (κ1) is 12.8. The van der Waals surface area contributed by atoms with Gasteiger partial charge < -0.3 is 0 Å². The van der Waals surface area contributed by atoms with Gasteiger partial charge in [0.1, 0.15) is 8.96 Å². The van der Waals surface area contributed by atoms with E-state index in [0.717, 1.165) is 10.5 Å². The number of amides is 2. The Hall–Kier alpha value is -0.650. The molecule has 1 aliphatic rings. The average Bonchev–Trinajstić information content (AvgIpc) is 2.45. The van der Waals surface area contributed by atoms with Gasteiger partial charge in [-0.25, -0.2) is 4.90 Å². The number of anilines is 1. The van der Waals surface area contributed by atoms with E-state index in [0.29, 0.717) is 10.7 Å². The Morgan fingerprint density at radius 1 is 1.12 bits per heavy atom. The smallest absolute Gasteiger partial charge is 0.268 e. The van der Waals surface area contributed by atoms with Crippen molar-refractivity contribution in [3.8, 4) is 0 Å². The Labute approximate surface area is 120 Å². The largest absolute Gasteiger partial charge is 0.273 e. The van der Waals surface area contributed by atoms with Crippen LogP contribution in [0.2, 0.25) is 5.02 Å². The van der Waals surface area contributed by atoms with Crippen LogP contribution in [0.1, 0.15) is 5.56 Å². The van der Waals surface area contributed by atoms with Gasteiger partial charge >= 0.3 is 0 Å². The van der Waals surface area contributed by atoms with Crippen molar-refractivity contribution in [1.29, 1.82) is 0 Å². The molecular formula is C11H6Br2ClNO2. The lowest BCUT2D eigenvalue weighted by atomic mass is 10.2. The minimum Gasteiger partial charge on any atom is -0.268 e. The van der Waals surface area contributed by atoms with E-state index in [1.54, 1.807) is 25.1 Å². The van der Waals surface area contributed by atoms with Gasteiger partial charge in [0.25, 0.3) is 11.8 Å². The number of nitrogens with zero attached hydrogens (tertiary/aromatic N) is 1. The highest BCUT2D eigenvalue weighted by molar-refractivity contribution is 9.14. The second-order valence-corrected chi connectivity index (χ2v) is 5.53. The lowest BCUT2D eigenvalue weighted by Crippen LogP contribution is -2.31. The minimum absolute atomic E-state index is 0.233. The van der Waals surface area contributed by atoms with Gasteiger partial charge in [-0.05, 0) is 62.5 Å². The molecule has 0 fully saturated rings. The lowest BCUT2D eigenvalue weighted by molar-refractivity contribution is -0.120. The molecule has 1 aromatic rings. The average molecular weight is 379 g/mol. The van der Waals surface area contributed by atoms with E-state index in [9.17, 15) is 9.59 Å². The molecule has 6 heteroatoms. The molecule has 2 rings (SSSR count). The topological polar surface area (TPSA) is 37.4 Å². The van der Waals surface area contributed by atoms with Crippen LogP contribution in [0.3, 0.4) is 0 Å². The number of carbonyl (C=O) groups excluding carboxylic acids is 2. The third kappa shape index (κ3) is 2.07. The van der Waals surface area contributed by atoms with Crippen molar-refractivity contribution < 1.29 is 9.59 Å². The molecule has 17 heavy (non-hydrogen) atoms. The van der Waals surface area contributed by atoms with E-state index in [1.807, 2.05) is 0 Å². The zero-order valence-electron chi connectivity index (χ0n) is 8.63. The summed E-state index contributed by atoms with van der Waals surface area (Å²) >= 11 is 12.0. The fourth-order valence-electron chi connectivity index (χ4n) is 1.56. The van der Waals surface area contributed by atoms with Gasteiger partial charge in [0.05, 0.1) is 5.69 Å². The minimum atomic E-state index is -0.382. The van der Waals surface area contributed by atoms with Gasteiger partial charge in [-0.2, -0.15) is 0 Å². The molecule has 0 aliphatic carbocycles.